The first kappa shape index (κ1) is 23.8. The van der Waals surface area contributed by atoms with Crippen molar-refractivity contribution < 1.29 is 24.2 Å². The number of benzene rings is 2. The minimum absolute atomic E-state index is 0.00739. The Morgan fingerprint density at radius 1 is 1.00 bits per heavy atom. The van der Waals surface area contributed by atoms with E-state index < -0.39 is 18.1 Å². The summed E-state index contributed by atoms with van der Waals surface area (Å²) in [6.07, 6.45) is 2.21. The third kappa shape index (κ3) is 5.08. The summed E-state index contributed by atoms with van der Waals surface area (Å²) in [5.74, 6) is -1.84. The van der Waals surface area contributed by atoms with Crippen molar-refractivity contribution >= 4 is 18.0 Å². The smallest absolute Gasteiger partial charge is 0.407 e. The molecule has 1 saturated carbocycles. The van der Waals surface area contributed by atoms with Crippen molar-refractivity contribution in [2.24, 2.45) is 11.8 Å². The Hall–Kier alpha value is -3.35. The molecule has 0 aromatic heterocycles. The Balaban J connectivity index is 1.32. The highest BCUT2D eigenvalue weighted by Gasteiger charge is 2.33. The largest absolute Gasteiger partial charge is 0.480 e. The van der Waals surface area contributed by atoms with Gasteiger partial charge in [0.2, 0.25) is 5.91 Å². The highest BCUT2D eigenvalue weighted by molar-refractivity contribution is 5.85. The van der Waals surface area contributed by atoms with Gasteiger partial charge in [-0.2, -0.15) is 0 Å². The van der Waals surface area contributed by atoms with E-state index in [2.05, 4.69) is 34.9 Å². The van der Waals surface area contributed by atoms with Crippen molar-refractivity contribution in [3.8, 4) is 11.1 Å². The summed E-state index contributed by atoms with van der Waals surface area (Å²) < 4.78 is 5.64. The first-order chi connectivity index (χ1) is 16.3. The molecule has 2 aliphatic carbocycles. The van der Waals surface area contributed by atoms with Crippen LogP contribution in [0.15, 0.2) is 48.5 Å². The Bertz CT molecular complexity index is 1020. The number of aliphatic carboxylic acids is 1. The lowest BCUT2D eigenvalue weighted by Crippen LogP contribution is -2.49. The lowest BCUT2D eigenvalue weighted by molar-refractivity contribution is -0.144. The second-order valence-corrected chi connectivity index (χ2v) is 9.60. The lowest BCUT2D eigenvalue weighted by Gasteiger charge is -2.30. The van der Waals surface area contributed by atoms with Gasteiger partial charge in [-0.15, -0.1) is 0 Å². The van der Waals surface area contributed by atoms with Crippen LogP contribution >= 0.6 is 0 Å². The van der Waals surface area contributed by atoms with E-state index in [9.17, 15) is 19.5 Å². The fourth-order valence-corrected chi connectivity index (χ4v) is 5.15. The Morgan fingerprint density at radius 2 is 1.62 bits per heavy atom. The fourth-order valence-electron chi connectivity index (χ4n) is 5.15. The van der Waals surface area contributed by atoms with Crippen LogP contribution in [0.1, 0.15) is 56.6 Å². The maximum Gasteiger partial charge on any atom is 0.407 e. The Kier molecular flexibility index (Phi) is 7.20. The van der Waals surface area contributed by atoms with E-state index in [1.165, 1.54) is 11.1 Å². The number of nitrogens with one attached hydrogen (secondary N) is 2. The molecule has 3 atom stereocenters. The van der Waals surface area contributed by atoms with Crippen LogP contribution in [0, 0.1) is 11.8 Å². The van der Waals surface area contributed by atoms with Gasteiger partial charge in [-0.1, -0.05) is 68.8 Å². The molecule has 1 fully saturated rings. The van der Waals surface area contributed by atoms with Crippen molar-refractivity contribution in [1.82, 2.24) is 10.6 Å². The standard InChI is InChI=1S/C27H32N2O5/c1-16(2)24(26(31)32)29-25(30)17-8-7-9-18(14-17)28-27(33)34-15-23-21-12-5-3-10-19(21)20-11-4-6-13-22(20)23/h3-6,10-13,16-18,23-24H,7-9,14-15H2,1-2H3,(H,28,33)(H,29,30)(H,31,32)/t17-,18+,24-/m0/s1. The van der Waals surface area contributed by atoms with Crippen molar-refractivity contribution in [3.05, 3.63) is 59.7 Å². The number of hydrogen-bond donors (Lipinski definition) is 3. The summed E-state index contributed by atoms with van der Waals surface area (Å²) in [5.41, 5.74) is 4.66. The summed E-state index contributed by atoms with van der Waals surface area (Å²) in [5, 5.41) is 14.9. The van der Waals surface area contributed by atoms with Crippen molar-refractivity contribution in [1.29, 1.82) is 0 Å². The topological polar surface area (TPSA) is 105 Å². The predicted octanol–water partition coefficient (Wildman–Crippen LogP) is 4.31. The van der Waals surface area contributed by atoms with Gasteiger partial charge in [0, 0.05) is 17.9 Å². The average Bonchev–Trinajstić information content (AvgIpc) is 3.14. The molecule has 0 bridgehead atoms. The van der Waals surface area contributed by atoms with Crippen LogP contribution in [0.5, 0.6) is 0 Å². The molecular formula is C27H32N2O5. The number of hydrogen-bond acceptors (Lipinski definition) is 4. The van der Waals surface area contributed by atoms with Gasteiger partial charge in [-0.25, -0.2) is 9.59 Å². The molecule has 34 heavy (non-hydrogen) atoms. The van der Waals surface area contributed by atoms with Crippen LogP contribution in [0.3, 0.4) is 0 Å². The predicted molar refractivity (Wildman–Crippen MR) is 128 cm³/mol. The summed E-state index contributed by atoms with van der Waals surface area (Å²) >= 11 is 0. The summed E-state index contributed by atoms with van der Waals surface area (Å²) in [6, 6.07) is 15.3. The van der Waals surface area contributed by atoms with Crippen molar-refractivity contribution in [3.63, 3.8) is 0 Å². The monoisotopic (exact) mass is 464 g/mol. The highest BCUT2D eigenvalue weighted by atomic mass is 16.5. The molecule has 0 aliphatic heterocycles. The van der Waals surface area contributed by atoms with E-state index in [0.717, 1.165) is 24.0 Å². The molecule has 0 heterocycles. The second kappa shape index (κ2) is 10.3. The molecule has 7 nitrogen and oxygen atoms in total. The molecule has 180 valence electrons. The van der Waals surface area contributed by atoms with Gasteiger partial charge in [-0.3, -0.25) is 4.79 Å². The van der Waals surface area contributed by atoms with E-state index in [4.69, 9.17) is 4.74 Å². The SMILES string of the molecule is CC(C)[C@H](NC(=O)[C@H]1CCC[C@@H](NC(=O)OCC2c3ccccc3-c3ccccc32)C1)C(=O)O. The van der Waals surface area contributed by atoms with Crippen LogP contribution in [-0.4, -0.2) is 41.8 Å². The van der Waals surface area contributed by atoms with Gasteiger partial charge in [0.15, 0.2) is 0 Å². The van der Waals surface area contributed by atoms with Gasteiger partial charge in [-0.05, 0) is 47.4 Å². The highest BCUT2D eigenvalue weighted by Crippen LogP contribution is 2.44. The molecule has 0 saturated heterocycles. The summed E-state index contributed by atoms with van der Waals surface area (Å²) in [6.45, 7) is 3.77. The Labute approximate surface area is 199 Å². The third-order valence-electron chi connectivity index (χ3n) is 6.94. The molecule has 2 aliphatic rings. The average molecular weight is 465 g/mol. The molecule has 4 rings (SSSR count). The first-order valence-corrected chi connectivity index (χ1v) is 12.0. The molecule has 0 radical (unpaired) electrons. The Morgan fingerprint density at radius 3 is 2.21 bits per heavy atom. The van der Waals surface area contributed by atoms with Crippen molar-refractivity contribution in [2.45, 2.75) is 57.5 Å². The maximum absolute atomic E-state index is 12.7. The van der Waals surface area contributed by atoms with Crippen LogP contribution in [0.25, 0.3) is 11.1 Å². The minimum Gasteiger partial charge on any atom is -0.480 e. The summed E-state index contributed by atoms with van der Waals surface area (Å²) in [7, 11) is 0. The second-order valence-electron chi connectivity index (χ2n) is 9.60. The van der Waals surface area contributed by atoms with E-state index in [-0.39, 0.29) is 36.3 Å². The number of alkyl carbamates (subject to hydrolysis) is 1. The minimum atomic E-state index is -1.03. The molecule has 7 heteroatoms. The van der Waals surface area contributed by atoms with Gasteiger partial charge in [0.05, 0.1) is 0 Å². The quantitative estimate of drug-likeness (QED) is 0.566. The van der Waals surface area contributed by atoms with E-state index >= 15 is 0 Å². The van der Waals surface area contributed by atoms with Gasteiger partial charge in [0.1, 0.15) is 12.6 Å². The molecule has 2 aromatic carbocycles. The molecule has 2 amide bonds. The van der Waals surface area contributed by atoms with E-state index in [1.54, 1.807) is 13.8 Å². The number of rotatable bonds is 7. The number of ether oxygens (including phenoxy) is 1. The number of amides is 2. The molecule has 3 N–H and O–H groups in total. The lowest BCUT2D eigenvalue weighted by atomic mass is 9.85. The molecule has 2 aromatic rings. The van der Waals surface area contributed by atoms with Gasteiger partial charge >= 0.3 is 12.1 Å². The fraction of sp³-hybridized carbons (Fsp3) is 0.444. The van der Waals surface area contributed by atoms with Gasteiger partial charge < -0.3 is 20.5 Å². The van der Waals surface area contributed by atoms with Crippen LogP contribution in [0.2, 0.25) is 0 Å². The molecule has 0 spiro atoms. The molecule has 0 unspecified atom stereocenters. The first-order valence-electron chi connectivity index (χ1n) is 12.0. The zero-order valence-electron chi connectivity index (χ0n) is 19.6. The normalized spacial score (nSPS) is 20.2. The number of carbonyl (C=O) groups excluding carboxylic acids is 2. The van der Waals surface area contributed by atoms with E-state index in [0.29, 0.717) is 12.8 Å². The zero-order valence-corrected chi connectivity index (χ0v) is 19.6. The third-order valence-corrected chi connectivity index (χ3v) is 6.94. The molecular weight excluding hydrogens is 432 g/mol. The van der Waals surface area contributed by atoms with Gasteiger partial charge in [0.25, 0.3) is 0 Å². The van der Waals surface area contributed by atoms with Crippen LogP contribution in [0.4, 0.5) is 4.79 Å². The zero-order chi connectivity index (χ0) is 24.2. The van der Waals surface area contributed by atoms with Crippen LogP contribution < -0.4 is 10.6 Å². The summed E-state index contributed by atoms with van der Waals surface area (Å²) in [4.78, 5) is 36.7. The number of carboxylic acid groups (broad SMARTS) is 1. The van der Waals surface area contributed by atoms with E-state index in [1.807, 2.05) is 24.3 Å². The number of fused-ring (bicyclic) bond motifs is 3. The number of carbonyl (C=O) groups is 3. The maximum atomic E-state index is 12.7. The van der Waals surface area contributed by atoms with Crippen molar-refractivity contribution in [2.75, 3.05) is 6.61 Å². The number of carboxylic acids is 1. The van der Waals surface area contributed by atoms with Crippen LogP contribution in [-0.2, 0) is 14.3 Å².